The average molecular weight is 852 g/mol. The van der Waals surface area contributed by atoms with Crippen LogP contribution in [0.4, 0.5) is 0 Å². The lowest BCUT2D eigenvalue weighted by Gasteiger charge is -2.32. The number of nitrogens with zero attached hydrogens (tertiary/aromatic N) is 3. The number of rotatable bonds is 14. The summed E-state index contributed by atoms with van der Waals surface area (Å²) in [5, 5.41) is 18.1. The third kappa shape index (κ3) is 11.1. The molecule has 10 N–H and O–H groups in total. The van der Waals surface area contributed by atoms with Gasteiger partial charge in [-0.15, -0.1) is 0 Å². The van der Waals surface area contributed by atoms with Crippen LogP contribution in [0.5, 0.6) is 11.5 Å². The molecule has 0 saturated carbocycles. The zero-order valence-corrected chi connectivity index (χ0v) is 36.0. The highest BCUT2D eigenvalue weighted by atomic mass is 16.5. The van der Waals surface area contributed by atoms with E-state index < -0.39 is 53.8 Å². The molecule has 330 valence electrons. The Balaban J connectivity index is 1.54. The van der Waals surface area contributed by atoms with Crippen molar-refractivity contribution >= 4 is 29.6 Å². The average Bonchev–Trinajstić information content (AvgIpc) is 3.23. The molecule has 17 nitrogen and oxygen atoms in total. The molecule has 17 heteroatoms. The molecule has 2 heterocycles. The van der Waals surface area contributed by atoms with Gasteiger partial charge in [-0.05, 0) is 73.2 Å². The fourth-order valence-corrected chi connectivity index (χ4v) is 7.05. The number of amides is 4. The first kappa shape index (κ1) is 46.6. The van der Waals surface area contributed by atoms with Gasteiger partial charge in [-0.25, -0.2) is 14.8 Å². The maximum absolute atomic E-state index is 14.6. The molecule has 0 aliphatic carbocycles. The van der Waals surface area contributed by atoms with E-state index in [-0.39, 0.29) is 56.7 Å². The van der Waals surface area contributed by atoms with Crippen molar-refractivity contribution in [1.29, 1.82) is 0 Å². The lowest BCUT2D eigenvalue weighted by atomic mass is 9.87. The second kappa shape index (κ2) is 20.4. The van der Waals surface area contributed by atoms with Gasteiger partial charge in [0.25, 0.3) is 5.91 Å². The quantitative estimate of drug-likeness (QED) is 0.0962. The van der Waals surface area contributed by atoms with E-state index in [9.17, 15) is 29.1 Å². The number of carbonyl (C=O) groups is 5. The number of carboxylic acids is 1. The van der Waals surface area contributed by atoms with Gasteiger partial charge in [0.2, 0.25) is 17.7 Å². The Morgan fingerprint density at radius 3 is 2.11 bits per heavy atom. The fraction of sp³-hybridized carbons (Fsp3) is 0.400. The number of ether oxygens (including phenoxy) is 2. The van der Waals surface area contributed by atoms with E-state index in [1.807, 2.05) is 24.3 Å². The molecule has 4 unspecified atom stereocenters. The van der Waals surface area contributed by atoms with Gasteiger partial charge in [0.05, 0.1) is 11.3 Å². The molecule has 1 aromatic heterocycles. The number of benzene rings is 3. The molecule has 0 radical (unpaired) electrons. The first-order valence-electron chi connectivity index (χ1n) is 20.5. The van der Waals surface area contributed by atoms with Crippen LogP contribution in [0.2, 0.25) is 0 Å². The minimum atomic E-state index is -1.40. The van der Waals surface area contributed by atoms with Crippen LogP contribution in [0.15, 0.2) is 66.9 Å². The standard InChI is InChI=1S/C45H57N9O8/c1-25-33(24-49-39(50-25)28-8-11-30(12-9-28)45(3,4)5)41(56)52-34(15-16-46)43(58)54(6)38-29-10-14-37(62-20-18-48)32(23-29)31-21-27(7-13-36(31)61-19-17-47)22-35(44(59)60)53-40(55)26(2)51-42(38)57/h7-14,21,23-24,26,34-35,38H,15-20,22,46-48H2,1-6H3,(H,51,57)(H,52,56)(H,53,55)(H,59,60). The van der Waals surface area contributed by atoms with Gasteiger partial charge in [0.15, 0.2) is 5.82 Å². The van der Waals surface area contributed by atoms with Gasteiger partial charge in [-0.1, -0.05) is 57.2 Å². The number of nitrogens with one attached hydrogen (secondary N) is 3. The van der Waals surface area contributed by atoms with Crippen LogP contribution < -0.4 is 42.6 Å². The molecule has 3 aromatic carbocycles. The summed E-state index contributed by atoms with van der Waals surface area (Å²) in [4.78, 5) is 78.8. The van der Waals surface area contributed by atoms with Gasteiger partial charge in [-0.2, -0.15) is 0 Å². The highest BCUT2D eigenvalue weighted by molar-refractivity contribution is 5.99. The van der Waals surface area contributed by atoms with E-state index in [4.69, 9.17) is 26.7 Å². The lowest BCUT2D eigenvalue weighted by Crippen LogP contribution is -2.55. The van der Waals surface area contributed by atoms with Gasteiger partial charge in [0, 0.05) is 49.4 Å². The van der Waals surface area contributed by atoms with E-state index in [2.05, 4.69) is 46.7 Å². The van der Waals surface area contributed by atoms with Crippen molar-refractivity contribution in [2.75, 3.05) is 39.9 Å². The van der Waals surface area contributed by atoms with Crippen molar-refractivity contribution in [3.63, 3.8) is 0 Å². The van der Waals surface area contributed by atoms with Gasteiger partial charge >= 0.3 is 5.97 Å². The number of carbonyl (C=O) groups excluding carboxylic acids is 4. The van der Waals surface area contributed by atoms with Crippen molar-refractivity contribution in [2.24, 2.45) is 17.2 Å². The summed E-state index contributed by atoms with van der Waals surface area (Å²) in [6.07, 6.45) is 1.31. The van der Waals surface area contributed by atoms with Crippen molar-refractivity contribution in [2.45, 2.75) is 77.0 Å². The molecule has 4 bridgehead atoms. The fourth-order valence-electron chi connectivity index (χ4n) is 7.05. The smallest absolute Gasteiger partial charge is 0.326 e. The molecule has 4 amide bonds. The molecule has 5 rings (SSSR count). The molecule has 62 heavy (non-hydrogen) atoms. The zero-order valence-electron chi connectivity index (χ0n) is 36.0. The summed E-state index contributed by atoms with van der Waals surface area (Å²) in [5.41, 5.74) is 21.7. The van der Waals surface area contributed by atoms with E-state index in [1.165, 1.54) is 25.1 Å². The Bertz CT molecular complexity index is 2280. The van der Waals surface area contributed by atoms with Crippen molar-refractivity contribution in [1.82, 2.24) is 30.8 Å². The number of likely N-dealkylation sites (N-methyl/N-ethyl adjacent to an activating group) is 1. The predicted octanol–water partition coefficient (Wildman–Crippen LogP) is 2.37. The Morgan fingerprint density at radius 1 is 0.903 bits per heavy atom. The van der Waals surface area contributed by atoms with Crippen LogP contribution in [0.25, 0.3) is 22.5 Å². The number of aromatic nitrogens is 2. The van der Waals surface area contributed by atoms with Crippen LogP contribution in [0.3, 0.4) is 0 Å². The number of aryl methyl sites for hydroxylation is 1. The zero-order chi connectivity index (χ0) is 45.3. The Morgan fingerprint density at radius 2 is 1.53 bits per heavy atom. The lowest BCUT2D eigenvalue weighted by molar-refractivity contribution is -0.143. The number of fused-ring (bicyclic) bond motifs is 5. The largest absolute Gasteiger partial charge is 0.492 e. The van der Waals surface area contributed by atoms with Crippen LogP contribution >= 0.6 is 0 Å². The molecule has 1 aliphatic heterocycles. The van der Waals surface area contributed by atoms with Crippen LogP contribution in [0.1, 0.15) is 72.9 Å². The first-order chi connectivity index (χ1) is 29.5. The molecule has 0 fully saturated rings. The van der Waals surface area contributed by atoms with Crippen LogP contribution in [-0.2, 0) is 31.0 Å². The highest BCUT2D eigenvalue weighted by Crippen LogP contribution is 2.40. The summed E-state index contributed by atoms with van der Waals surface area (Å²) < 4.78 is 12.1. The highest BCUT2D eigenvalue weighted by Gasteiger charge is 2.36. The summed E-state index contributed by atoms with van der Waals surface area (Å²) in [5.74, 6) is -2.93. The number of hydrogen-bond acceptors (Lipinski definition) is 12. The summed E-state index contributed by atoms with van der Waals surface area (Å²) in [6.45, 7) is 10.1. The Kier molecular flexibility index (Phi) is 15.4. The minimum Gasteiger partial charge on any atom is -0.492 e. The first-order valence-corrected chi connectivity index (χ1v) is 20.5. The monoisotopic (exact) mass is 851 g/mol. The molecule has 0 spiro atoms. The Labute approximate surface area is 361 Å². The maximum Gasteiger partial charge on any atom is 0.326 e. The number of aliphatic carboxylic acids is 1. The molecule has 0 saturated heterocycles. The normalized spacial score (nSPS) is 17.1. The summed E-state index contributed by atoms with van der Waals surface area (Å²) >= 11 is 0. The third-order valence-corrected chi connectivity index (χ3v) is 10.5. The van der Waals surface area contributed by atoms with Gasteiger partial charge < -0.3 is 52.6 Å². The molecule has 4 aromatic rings. The number of nitrogens with two attached hydrogens (primary N) is 3. The van der Waals surface area contributed by atoms with Crippen LogP contribution in [-0.4, -0.2) is 108 Å². The van der Waals surface area contributed by atoms with E-state index in [0.717, 1.165) is 11.1 Å². The van der Waals surface area contributed by atoms with Crippen molar-refractivity contribution in [3.05, 3.63) is 94.8 Å². The third-order valence-electron chi connectivity index (χ3n) is 10.5. The van der Waals surface area contributed by atoms with E-state index in [0.29, 0.717) is 45.3 Å². The second-order valence-corrected chi connectivity index (χ2v) is 16.2. The second-order valence-electron chi connectivity index (χ2n) is 16.2. The number of hydrogen-bond donors (Lipinski definition) is 7. The number of carboxylic acid groups (broad SMARTS) is 1. The van der Waals surface area contributed by atoms with Crippen LogP contribution in [0, 0.1) is 6.92 Å². The van der Waals surface area contributed by atoms with E-state index >= 15 is 0 Å². The summed E-state index contributed by atoms with van der Waals surface area (Å²) in [6, 6.07) is 12.7. The Hall–Kier alpha value is -6.43. The molecule has 4 atom stereocenters. The van der Waals surface area contributed by atoms with Gasteiger partial charge in [0.1, 0.15) is 48.9 Å². The van der Waals surface area contributed by atoms with Crippen molar-refractivity contribution < 1.29 is 38.6 Å². The SMILES string of the molecule is Cc1nc(-c2ccc(C(C)(C)C)cc2)ncc1C(=O)NC(CCN)C(=O)N(C)C1C(=O)NC(C)C(=O)NC(C(=O)O)Cc2ccc(OCCN)c(c2)-c2cc1ccc2OCCN. The maximum atomic E-state index is 14.6. The van der Waals surface area contributed by atoms with Crippen molar-refractivity contribution in [3.8, 4) is 34.0 Å². The molecular formula is C45H57N9O8. The van der Waals surface area contributed by atoms with E-state index in [1.54, 1.807) is 43.3 Å². The van der Waals surface area contributed by atoms with Gasteiger partial charge in [-0.3, -0.25) is 19.2 Å². The molecule has 1 aliphatic rings. The summed E-state index contributed by atoms with van der Waals surface area (Å²) in [7, 11) is 1.40. The predicted molar refractivity (Wildman–Crippen MR) is 233 cm³/mol. The topological polar surface area (TPSA) is 267 Å². The molecular weight excluding hydrogens is 795 g/mol. The minimum absolute atomic E-state index is 0.00155.